The molecule has 8 heteroatoms. The zero-order chi connectivity index (χ0) is 25.1. The number of anilines is 1. The molecular weight excluding hydrogens is 436 g/mol. The van der Waals surface area contributed by atoms with Crippen LogP contribution in [0.25, 0.3) is 0 Å². The van der Waals surface area contributed by atoms with Gasteiger partial charge in [-0.2, -0.15) is 0 Å². The quantitative estimate of drug-likeness (QED) is 0.351. The molecule has 0 spiro atoms. The first-order valence-electron chi connectivity index (χ1n) is 11.2. The van der Waals surface area contributed by atoms with E-state index in [1.165, 1.54) is 0 Å². The molecule has 182 valence electrons. The summed E-state index contributed by atoms with van der Waals surface area (Å²) in [6.45, 7) is 4.92. The summed E-state index contributed by atoms with van der Waals surface area (Å²) in [6, 6.07) is 17.7. The van der Waals surface area contributed by atoms with Crippen molar-refractivity contribution in [3.05, 3.63) is 77.9 Å². The molecule has 34 heavy (non-hydrogen) atoms. The molecule has 2 aromatic carbocycles. The number of aliphatic carboxylic acids is 2. The van der Waals surface area contributed by atoms with Gasteiger partial charge in [0.15, 0.2) is 6.23 Å². The Morgan fingerprint density at radius 3 is 2.18 bits per heavy atom. The fourth-order valence-electron chi connectivity index (χ4n) is 3.44. The van der Waals surface area contributed by atoms with Gasteiger partial charge in [-0.3, -0.25) is 9.69 Å². The normalized spacial score (nSPS) is 15.7. The lowest BCUT2D eigenvalue weighted by Crippen LogP contribution is -2.29. The highest BCUT2D eigenvalue weighted by molar-refractivity contribution is 6.10. The van der Waals surface area contributed by atoms with Crippen LogP contribution < -0.4 is 10.6 Å². The van der Waals surface area contributed by atoms with Crippen molar-refractivity contribution in [2.24, 2.45) is 11.7 Å². The second-order valence-corrected chi connectivity index (χ2v) is 8.23. The molecule has 1 aliphatic heterocycles. The molecule has 0 saturated heterocycles. The first-order chi connectivity index (χ1) is 16.2. The highest BCUT2D eigenvalue weighted by atomic mass is 16.5. The second-order valence-electron chi connectivity index (χ2n) is 8.23. The molecule has 2 unspecified atom stereocenters. The summed E-state index contributed by atoms with van der Waals surface area (Å²) < 4.78 is 6.17. The van der Waals surface area contributed by atoms with Crippen molar-refractivity contribution in [1.29, 1.82) is 0 Å². The van der Waals surface area contributed by atoms with E-state index in [9.17, 15) is 14.4 Å². The maximum Gasteiger partial charge on any atom is 0.328 e. The number of hydrogen-bond acceptors (Lipinski definition) is 5. The highest BCUT2D eigenvalue weighted by Gasteiger charge is 2.38. The molecule has 0 saturated carbocycles. The van der Waals surface area contributed by atoms with Gasteiger partial charge in [-0.15, -0.1) is 0 Å². The fourth-order valence-corrected chi connectivity index (χ4v) is 3.44. The number of carbonyl (C=O) groups is 3. The molecule has 2 aromatic rings. The SMILES string of the molecule is CC(C)C(N)CCCCOC1c2ccccc2C(=O)N1c1ccccc1.O=C(O)/C=C/C(=O)O. The monoisotopic (exact) mass is 468 g/mol. The summed E-state index contributed by atoms with van der Waals surface area (Å²) in [6.07, 6.45) is 3.73. The third-order valence-corrected chi connectivity index (χ3v) is 5.38. The summed E-state index contributed by atoms with van der Waals surface area (Å²) >= 11 is 0. The molecule has 0 fully saturated rings. The van der Waals surface area contributed by atoms with Crippen molar-refractivity contribution in [2.75, 3.05) is 11.5 Å². The predicted octanol–water partition coefficient (Wildman–Crippen LogP) is 4.23. The highest BCUT2D eigenvalue weighted by Crippen LogP contribution is 2.38. The largest absolute Gasteiger partial charge is 0.478 e. The van der Waals surface area contributed by atoms with Crippen molar-refractivity contribution >= 4 is 23.5 Å². The minimum Gasteiger partial charge on any atom is -0.478 e. The minimum absolute atomic E-state index is 0.00127. The van der Waals surface area contributed by atoms with E-state index in [2.05, 4.69) is 13.8 Å². The third kappa shape index (κ3) is 7.83. The Hall–Kier alpha value is -3.49. The van der Waals surface area contributed by atoms with Gasteiger partial charge in [0.05, 0.1) is 0 Å². The van der Waals surface area contributed by atoms with Gasteiger partial charge >= 0.3 is 11.9 Å². The first kappa shape index (κ1) is 26.8. The van der Waals surface area contributed by atoms with Crippen molar-refractivity contribution in [2.45, 2.75) is 45.4 Å². The Balaban J connectivity index is 0.000000440. The van der Waals surface area contributed by atoms with Crippen LogP contribution in [0.1, 0.15) is 55.3 Å². The van der Waals surface area contributed by atoms with Crippen LogP contribution in [0.3, 0.4) is 0 Å². The number of unbranched alkanes of at least 4 members (excludes halogenated alkanes) is 1. The smallest absolute Gasteiger partial charge is 0.328 e. The zero-order valence-electron chi connectivity index (χ0n) is 19.5. The molecule has 0 aromatic heterocycles. The summed E-state index contributed by atoms with van der Waals surface area (Å²) in [5.74, 6) is -2.01. The van der Waals surface area contributed by atoms with Crippen molar-refractivity contribution in [3.8, 4) is 0 Å². The molecule has 0 radical (unpaired) electrons. The van der Waals surface area contributed by atoms with E-state index >= 15 is 0 Å². The predicted molar refractivity (Wildman–Crippen MR) is 129 cm³/mol. The third-order valence-electron chi connectivity index (χ3n) is 5.38. The maximum absolute atomic E-state index is 12.9. The van der Waals surface area contributed by atoms with E-state index < -0.39 is 11.9 Å². The summed E-state index contributed by atoms with van der Waals surface area (Å²) in [5, 5.41) is 15.6. The van der Waals surface area contributed by atoms with Crippen LogP contribution in [-0.2, 0) is 14.3 Å². The number of carboxylic acids is 2. The van der Waals surface area contributed by atoms with E-state index in [1.54, 1.807) is 4.90 Å². The summed E-state index contributed by atoms with van der Waals surface area (Å²) in [5.41, 5.74) is 8.64. The van der Waals surface area contributed by atoms with E-state index in [4.69, 9.17) is 20.7 Å². The van der Waals surface area contributed by atoms with Gasteiger partial charge in [0, 0.05) is 41.6 Å². The number of para-hydroxylation sites is 1. The van der Waals surface area contributed by atoms with Crippen LogP contribution >= 0.6 is 0 Å². The minimum atomic E-state index is -1.26. The lowest BCUT2D eigenvalue weighted by Gasteiger charge is -2.25. The molecule has 4 N–H and O–H groups in total. The van der Waals surface area contributed by atoms with Crippen LogP contribution in [0.4, 0.5) is 5.69 Å². The van der Waals surface area contributed by atoms with Crippen LogP contribution in [0, 0.1) is 5.92 Å². The van der Waals surface area contributed by atoms with Crippen LogP contribution in [0.2, 0.25) is 0 Å². The number of rotatable bonds is 10. The number of benzene rings is 2. The van der Waals surface area contributed by atoms with E-state index in [0.29, 0.717) is 24.7 Å². The molecule has 0 aliphatic carbocycles. The average molecular weight is 469 g/mol. The number of amides is 1. The zero-order valence-corrected chi connectivity index (χ0v) is 19.5. The van der Waals surface area contributed by atoms with Gasteiger partial charge in [0.25, 0.3) is 5.91 Å². The molecule has 2 atom stereocenters. The molecule has 0 bridgehead atoms. The van der Waals surface area contributed by atoms with Crippen molar-refractivity contribution < 1.29 is 29.3 Å². The fraction of sp³-hybridized carbons (Fsp3) is 0.346. The van der Waals surface area contributed by atoms with Gasteiger partial charge in [0.2, 0.25) is 0 Å². The number of hydrogen-bond donors (Lipinski definition) is 3. The second kappa shape index (κ2) is 13.3. The van der Waals surface area contributed by atoms with E-state index in [0.717, 1.165) is 36.1 Å². The van der Waals surface area contributed by atoms with Gasteiger partial charge in [-0.1, -0.05) is 50.2 Å². The Morgan fingerprint density at radius 2 is 1.59 bits per heavy atom. The van der Waals surface area contributed by atoms with E-state index in [1.807, 2.05) is 54.6 Å². The number of nitrogens with two attached hydrogens (primary N) is 1. The Labute approximate surface area is 199 Å². The van der Waals surface area contributed by atoms with Crippen LogP contribution in [0.15, 0.2) is 66.7 Å². The summed E-state index contributed by atoms with van der Waals surface area (Å²) in [4.78, 5) is 33.8. The lowest BCUT2D eigenvalue weighted by molar-refractivity contribution is -0.134. The number of fused-ring (bicyclic) bond motifs is 1. The number of carboxylic acid groups (broad SMARTS) is 2. The number of nitrogens with zero attached hydrogens (tertiary/aromatic N) is 1. The molecule has 8 nitrogen and oxygen atoms in total. The molecule has 3 rings (SSSR count). The Bertz CT molecular complexity index is 974. The number of ether oxygens (including phenoxy) is 1. The topological polar surface area (TPSA) is 130 Å². The molecule has 1 heterocycles. The van der Waals surface area contributed by atoms with Crippen molar-refractivity contribution in [1.82, 2.24) is 0 Å². The Kier molecular flexibility index (Phi) is 10.4. The average Bonchev–Trinajstić information content (AvgIpc) is 3.10. The lowest BCUT2D eigenvalue weighted by atomic mass is 10.00. The molecule has 1 amide bonds. The van der Waals surface area contributed by atoms with Gasteiger partial charge in [-0.25, -0.2) is 9.59 Å². The van der Waals surface area contributed by atoms with Crippen molar-refractivity contribution in [3.63, 3.8) is 0 Å². The van der Waals surface area contributed by atoms with Crippen LogP contribution in [0.5, 0.6) is 0 Å². The van der Waals surface area contributed by atoms with Gasteiger partial charge < -0.3 is 20.7 Å². The molecular formula is C26H32N2O6. The first-order valence-corrected chi connectivity index (χ1v) is 11.2. The maximum atomic E-state index is 12.9. The summed E-state index contributed by atoms with van der Waals surface area (Å²) in [7, 11) is 0. The molecule has 1 aliphatic rings. The van der Waals surface area contributed by atoms with Gasteiger partial charge in [-0.05, 0) is 43.4 Å². The Morgan fingerprint density at radius 1 is 1.00 bits per heavy atom. The van der Waals surface area contributed by atoms with Gasteiger partial charge in [0.1, 0.15) is 0 Å². The van der Waals surface area contributed by atoms with Crippen LogP contribution in [-0.4, -0.2) is 40.7 Å². The standard InChI is InChI=1S/C22H28N2O2.C4H4O4/c1-16(2)20(23)14-8-9-15-26-22-19-13-7-6-12-18(19)21(25)24(22)17-10-4-3-5-11-17;5-3(6)1-2-4(7)8/h3-7,10-13,16,20,22H,8-9,14-15,23H2,1-2H3;1-2H,(H,5,6)(H,7,8)/b;2-1+. The van der Waals surface area contributed by atoms with E-state index in [-0.39, 0.29) is 18.2 Å². The number of carbonyl (C=O) groups excluding carboxylic acids is 1.